The SMILES string of the molecule is Cc1noc(C)c1C(=O)N1CCCC2(CCC(=O)N(Cc3ccncc3)C2)C1. The summed E-state index contributed by atoms with van der Waals surface area (Å²) in [5, 5.41) is 3.92. The normalized spacial score (nSPS) is 22.7. The molecule has 0 aromatic carbocycles. The van der Waals surface area contributed by atoms with Crippen LogP contribution in [-0.2, 0) is 11.3 Å². The summed E-state index contributed by atoms with van der Waals surface area (Å²) in [6.45, 7) is 6.29. The molecular formula is C21H26N4O3. The number of nitrogens with zero attached hydrogens (tertiary/aromatic N) is 4. The van der Waals surface area contributed by atoms with E-state index in [9.17, 15) is 9.59 Å². The molecule has 1 atom stereocenters. The monoisotopic (exact) mass is 382 g/mol. The average Bonchev–Trinajstić information content (AvgIpc) is 3.03. The number of pyridine rings is 1. The van der Waals surface area contributed by atoms with Gasteiger partial charge in [0.1, 0.15) is 11.3 Å². The number of carbonyl (C=O) groups excluding carboxylic acids is 2. The Morgan fingerprint density at radius 1 is 1.21 bits per heavy atom. The predicted molar refractivity (Wildman–Crippen MR) is 102 cm³/mol. The van der Waals surface area contributed by atoms with Gasteiger partial charge >= 0.3 is 0 Å². The van der Waals surface area contributed by atoms with Crippen molar-refractivity contribution < 1.29 is 14.1 Å². The first-order valence-corrected chi connectivity index (χ1v) is 9.86. The van der Waals surface area contributed by atoms with Gasteiger partial charge in [0.2, 0.25) is 5.91 Å². The van der Waals surface area contributed by atoms with E-state index in [1.807, 2.05) is 21.9 Å². The molecule has 2 aliphatic heterocycles. The van der Waals surface area contributed by atoms with Gasteiger partial charge in [-0.25, -0.2) is 0 Å². The Bertz CT molecular complexity index is 860. The Labute approximate surface area is 164 Å². The number of likely N-dealkylation sites (tertiary alicyclic amines) is 2. The molecule has 2 aromatic rings. The second kappa shape index (κ2) is 7.37. The molecule has 0 radical (unpaired) electrons. The highest BCUT2D eigenvalue weighted by molar-refractivity contribution is 5.96. The molecule has 1 unspecified atom stereocenters. The number of hydrogen-bond acceptors (Lipinski definition) is 5. The summed E-state index contributed by atoms with van der Waals surface area (Å²) in [4.78, 5) is 33.6. The van der Waals surface area contributed by atoms with Crippen LogP contribution in [0.4, 0.5) is 0 Å². The number of piperidine rings is 2. The summed E-state index contributed by atoms with van der Waals surface area (Å²) in [6, 6.07) is 3.89. The molecule has 28 heavy (non-hydrogen) atoms. The van der Waals surface area contributed by atoms with Crippen LogP contribution in [0.1, 0.15) is 53.1 Å². The Balaban J connectivity index is 1.51. The molecule has 4 rings (SSSR count). The van der Waals surface area contributed by atoms with Crippen LogP contribution in [-0.4, -0.2) is 51.4 Å². The number of hydrogen-bond donors (Lipinski definition) is 0. The number of rotatable bonds is 3. The van der Waals surface area contributed by atoms with Gasteiger partial charge in [0, 0.05) is 50.4 Å². The minimum Gasteiger partial charge on any atom is -0.361 e. The van der Waals surface area contributed by atoms with E-state index in [1.54, 1.807) is 26.2 Å². The van der Waals surface area contributed by atoms with Crippen LogP contribution in [0.3, 0.4) is 0 Å². The van der Waals surface area contributed by atoms with Crippen LogP contribution in [0.15, 0.2) is 29.0 Å². The number of aryl methyl sites for hydroxylation is 2. The van der Waals surface area contributed by atoms with Crippen LogP contribution < -0.4 is 0 Å². The van der Waals surface area contributed by atoms with Crippen molar-refractivity contribution in [2.45, 2.75) is 46.1 Å². The van der Waals surface area contributed by atoms with Crippen LogP contribution in [0, 0.1) is 19.3 Å². The summed E-state index contributed by atoms with van der Waals surface area (Å²) in [7, 11) is 0. The Morgan fingerprint density at radius 2 is 2.00 bits per heavy atom. The van der Waals surface area contributed by atoms with Crippen molar-refractivity contribution in [2.24, 2.45) is 5.41 Å². The quantitative estimate of drug-likeness (QED) is 0.815. The first-order chi connectivity index (χ1) is 13.5. The van der Waals surface area contributed by atoms with Gasteiger partial charge < -0.3 is 14.3 Å². The second-order valence-corrected chi connectivity index (χ2v) is 8.13. The standard InChI is InChI=1S/C21H26N4O3/c1-15-19(16(2)28-23-15)20(27)24-11-3-7-21(13-24)8-4-18(26)25(14-21)12-17-5-9-22-10-6-17/h5-6,9-10H,3-4,7-8,11-14H2,1-2H3. The van der Waals surface area contributed by atoms with Crippen LogP contribution in [0.5, 0.6) is 0 Å². The van der Waals surface area contributed by atoms with E-state index < -0.39 is 0 Å². The van der Waals surface area contributed by atoms with Gasteiger partial charge in [0.05, 0.1) is 5.69 Å². The van der Waals surface area contributed by atoms with E-state index in [-0.39, 0.29) is 17.2 Å². The molecule has 2 aliphatic rings. The van der Waals surface area contributed by atoms with Gasteiger partial charge in [-0.15, -0.1) is 0 Å². The lowest BCUT2D eigenvalue weighted by molar-refractivity contribution is -0.139. The van der Waals surface area contributed by atoms with Crippen LogP contribution in [0.25, 0.3) is 0 Å². The number of carbonyl (C=O) groups is 2. The molecule has 7 nitrogen and oxygen atoms in total. The topological polar surface area (TPSA) is 79.5 Å². The Kier molecular flexibility index (Phi) is 4.91. The predicted octanol–water partition coefficient (Wildman–Crippen LogP) is 2.73. The molecule has 2 fully saturated rings. The molecular weight excluding hydrogens is 356 g/mol. The molecule has 148 valence electrons. The lowest BCUT2D eigenvalue weighted by Gasteiger charge is -2.48. The maximum atomic E-state index is 13.1. The van der Waals surface area contributed by atoms with Crippen LogP contribution >= 0.6 is 0 Å². The van der Waals surface area contributed by atoms with E-state index in [1.165, 1.54) is 0 Å². The number of aromatic nitrogens is 2. The van der Waals surface area contributed by atoms with Crippen LogP contribution in [0.2, 0.25) is 0 Å². The van der Waals surface area contributed by atoms with Crippen molar-refractivity contribution in [1.29, 1.82) is 0 Å². The van der Waals surface area contributed by atoms with E-state index >= 15 is 0 Å². The minimum atomic E-state index is -0.0339. The van der Waals surface area contributed by atoms with Gasteiger partial charge in [-0.05, 0) is 50.8 Å². The fourth-order valence-electron chi connectivity index (χ4n) is 4.62. The highest BCUT2D eigenvalue weighted by atomic mass is 16.5. The lowest BCUT2D eigenvalue weighted by atomic mass is 9.73. The summed E-state index contributed by atoms with van der Waals surface area (Å²) in [5.74, 6) is 0.754. The minimum absolute atomic E-state index is 0.00657. The molecule has 0 aliphatic carbocycles. The third-order valence-corrected chi connectivity index (χ3v) is 6.07. The average molecular weight is 382 g/mol. The Hall–Kier alpha value is -2.70. The van der Waals surface area contributed by atoms with E-state index in [4.69, 9.17) is 4.52 Å². The van der Waals surface area contributed by atoms with Crippen molar-refractivity contribution in [1.82, 2.24) is 19.9 Å². The lowest BCUT2D eigenvalue weighted by Crippen LogP contribution is -2.54. The van der Waals surface area contributed by atoms with E-state index in [0.717, 1.165) is 31.4 Å². The zero-order valence-corrected chi connectivity index (χ0v) is 16.5. The molecule has 0 bridgehead atoms. The van der Waals surface area contributed by atoms with E-state index in [2.05, 4.69) is 10.1 Å². The third-order valence-electron chi connectivity index (χ3n) is 6.07. The molecule has 0 N–H and O–H groups in total. The van der Waals surface area contributed by atoms with Crippen molar-refractivity contribution in [3.63, 3.8) is 0 Å². The largest absolute Gasteiger partial charge is 0.361 e. The highest BCUT2D eigenvalue weighted by Crippen LogP contribution is 2.40. The van der Waals surface area contributed by atoms with Gasteiger partial charge in [-0.3, -0.25) is 14.6 Å². The maximum absolute atomic E-state index is 13.1. The Morgan fingerprint density at radius 3 is 2.71 bits per heavy atom. The molecule has 1 spiro atoms. The van der Waals surface area contributed by atoms with Crippen molar-refractivity contribution >= 4 is 11.8 Å². The summed E-state index contributed by atoms with van der Waals surface area (Å²) >= 11 is 0. The fourth-order valence-corrected chi connectivity index (χ4v) is 4.62. The van der Waals surface area contributed by atoms with Gasteiger partial charge in [-0.2, -0.15) is 0 Å². The molecule has 2 saturated heterocycles. The molecule has 2 aromatic heterocycles. The third kappa shape index (κ3) is 3.53. The summed E-state index contributed by atoms with van der Waals surface area (Å²) in [6.07, 6.45) is 6.88. The van der Waals surface area contributed by atoms with Gasteiger partial charge in [0.15, 0.2) is 0 Å². The smallest absolute Gasteiger partial charge is 0.259 e. The molecule has 7 heteroatoms. The first kappa shape index (κ1) is 18.7. The van der Waals surface area contributed by atoms with Gasteiger partial charge in [0.25, 0.3) is 5.91 Å². The van der Waals surface area contributed by atoms with Crippen molar-refractivity contribution in [3.8, 4) is 0 Å². The van der Waals surface area contributed by atoms with Crippen molar-refractivity contribution in [2.75, 3.05) is 19.6 Å². The highest BCUT2D eigenvalue weighted by Gasteiger charge is 2.43. The molecule has 2 amide bonds. The first-order valence-electron chi connectivity index (χ1n) is 9.86. The molecule has 4 heterocycles. The number of amides is 2. The zero-order chi connectivity index (χ0) is 19.7. The second-order valence-electron chi connectivity index (χ2n) is 8.13. The summed E-state index contributed by atoms with van der Waals surface area (Å²) in [5.41, 5.74) is 2.27. The van der Waals surface area contributed by atoms with E-state index in [0.29, 0.717) is 43.1 Å². The van der Waals surface area contributed by atoms with Gasteiger partial charge in [-0.1, -0.05) is 5.16 Å². The van der Waals surface area contributed by atoms with Crippen molar-refractivity contribution in [3.05, 3.63) is 47.1 Å². The maximum Gasteiger partial charge on any atom is 0.259 e. The zero-order valence-electron chi connectivity index (χ0n) is 16.5. The fraction of sp³-hybridized carbons (Fsp3) is 0.524. The summed E-state index contributed by atoms with van der Waals surface area (Å²) < 4.78 is 5.19. The molecule has 0 saturated carbocycles.